The molecule has 1 fully saturated rings. The van der Waals surface area contributed by atoms with E-state index >= 15 is 0 Å². The first-order valence-electron chi connectivity index (χ1n) is 7.27. The highest BCUT2D eigenvalue weighted by atomic mass is 16.5. The SMILES string of the molecule is CCn1cc(NC(=O)COCC2CCCC2)ccc1=O. The van der Waals surface area contributed by atoms with Crippen LogP contribution in [0.4, 0.5) is 5.69 Å². The summed E-state index contributed by atoms with van der Waals surface area (Å²) in [4.78, 5) is 23.2. The third-order valence-electron chi connectivity index (χ3n) is 3.67. The van der Waals surface area contributed by atoms with Crippen molar-refractivity contribution in [2.45, 2.75) is 39.2 Å². The van der Waals surface area contributed by atoms with Crippen molar-refractivity contribution in [2.75, 3.05) is 18.5 Å². The minimum atomic E-state index is -0.177. The number of aryl methyl sites for hydroxylation is 1. The third kappa shape index (κ3) is 4.20. The monoisotopic (exact) mass is 278 g/mol. The van der Waals surface area contributed by atoms with E-state index in [0.29, 0.717) is 24.8 Å². The average molecular weight is 278 g/mol. The Bertz CT molecular complexity index is 504. The van der Waals surface area contributed by atoms with Crippen molar-refractivity contribution in [2.24, 2.45) is 5.92 Å². The third-order valence-corrected chi connectivity index (χ3v) is 3.67. The van der Waals surface area contributed by atoms with Crippen molar-refractivity contribution in [3.05, 3.63) is 28.7 Å². The van der Waals surface area contributed by atoms with Crippen LogP contribution in [0.5, 0.6) is 0 Å². The van der Waals surface area contributed by atoms with E-state index in [4.69, 9.17) is 4.74 Å². The fourth-order valence-electron chi connectivity index (χ4n) is 2.54. The highest BCUT2D eigenvalue weighted by Crippen LogP contribution is 2.24. The van der Waals surface area contributed by atoms with Crippen LogP contribution in [0.2, 0.25) is 0 Å². The molecule has 110 valence electrons. The summed E-state index contributed by atoms with van der Waals surface area (Å²) in [6, 6.07) is 3.07. The largest absolute Gasteiger partial charge is 0.371 e. The minimum absolute atomic E-state index is 0.0667. The van der Waals surface area contributed by atoms with Crippen molar-refractivity contribution in [1.29, 1.82) is 0 Å². The number of anilines is 1. The summed E-state index contributed by atoms with van der Waals surface area (Å²) in [5.41, 5.74) is 0.559. The molecule has 1 aromatic heterocycles. The fourth-order valence-corrected chi connectivity index (χ4v) is 2.54. The number of nitrogens with one attached hydrogen (secondary N) is 1. The predicted octanol–water partition coefficient (Wildman–Crippen LogP) is 2.01. The Morgan fingerprint density at radius 2 is 2.15 bits per heavy atom. The van der Waals surface area contributed by atoms with Crippen LogP contribution < -0.4 is 10.9 Å². The van der Waals surface area contributed by atoms with Gasteiger partial charge in [-0.2, -0.15) is 0 Å². The molecular formula is C15H22N2O3. The summed E-state index contributed by atoms with van der Waals surface area (Å²) in [6.07, 6.45) is 6.63. The van der Waals surface area contributed by atoms with Crippen molar-refractivity contribution in [3.8, 4) is 0 Å². The Kier molecular flexibility index (Phi) is 5.35. The quantitative estimate of drug-likeness (QED) is 0.866. The van der Waals surface area contributed by atoms with Gasteiger partial charge in [-0.25, -0.2) is 0 Å². The highest BCUT2D eigenvalue weighted by Gasteiger charge is 2.15. The van der Waals surface area contributed by atoms with Gasteiger partial charge in [-0.15, -0.1) is 0 Å². The van der Waals surface area contributed by atoms with Gasteiger partial charge in [-0.1, -0.05) is 12.8 Å². The maximum atomic E-state index is 11.7. The summed E-state index contributed by atoms with van der Waals surface area (Å²) < 4.78 is 7.00. The lowest BCUT2D eigenvalue weighted by Crippen LogP contribution is -2.23. The maximum absolute atomic E-state index is 11.7. The van der Waals surface area contributed by atoms with Gasteiger partial charge in [0, 0.05) is 18.8 Å². The van der Waals surface area contributed by atoms with E-state index in [1.807, 2.05) is 6.92 Å². The van der Waals surface area contributed by atoms with Crippen LogP contribution in [-0.4, -0.2) is 23.7 Å². The molecule has 0 saturated heterocycles. The van der Waals surface area contributed by atoms with Crippen LogP contribution in [0.25, 0.3) is 0 Å². The van der Waals surface area contributed by atoms with E-state index in [0.717, 1.165) is 0 Å². The lowest BCUT2D eigenvalue weighted by Gasteiger charge is -2.11. The van der Waals surface area contributed by atoms with E-state index in [9.17, 15) is 9.59 Å². The van der Waals surface area contributed by atoms with E-state index in [1.165, 1.54) is 31.7 Å². The van der Waals surface area contributed by atoms with Crippen LogP contribution in [0, 0.1) is 5.92 Å². The minimum Gasteiger partial charge on any atom is -0.371 e. The van der Waals surface area contributed by atoms with Gasteiger partial charge in [0.1, 0.15) is 6.61 Å². The first-order valence-corrected chi connectivity index (χ1v) is 7.27. The van der Waals surface area contributed by atoms with Gasteiger partial charge in [0.25, 0.3) is 5.56 Å². The zero-order valence-electron chi connectivity index (χ0n) is 11.9. The molecule has 5 heteroatoms. The summed E-state index contributed by atoms with van der Waals surface area (Å²) in [5.74, 6) is 0.439. The molecule has 5 nitrogen and oxygen atoms in total. The molecule has 0 atom stereocenters. The van der Waals surface area contributed by atoms with E-state index in [-0.39, 0.29) is 18.1 Å². The van der Waals surface area contributed by atoms with Crippen LogP contribution >= 0.6 is 0 Å². The Labute approximate surface area is 118 Å². The highest BCUT2D eigenvalue weighted by molar-refractivity contribution is 5.91. The fraction of sp³-hybridized carbons (Fsp3) is 0.600. The second-order valence-electron chi connectivity index (χ2n) is 5.26. The normalized spacial score (nSPS) is 15.4. The first-order chi connectivity index (χ1) is 9.69. The van der Waals surface area contributed by atoms with Gasteiger partial charge in [0.2, 0.25) is 5.91 Å². The van der Waals surface area contributed by atoms with Crippen LogP contribution in [-0.2, 0) is 16.1 Å². The number of hydrogen-bond acceptors (Lipinski definition) is 3. The van der Waals surface area contributed by atoms with Crippen molar-refractivity contribution >= 4 is 11.6 Å². The summed E-state index contributed by atoms with van der Waals surface area (Å²) in [7, 11) is 0. The first kappa shape index (κ1) is 14.8. The van der Waals surface area contributed by atoms with Crippen molar-refractivity contribution in [1.82, 2.24) is 4.57 Å². The number of carbonyl (C=O) groups excluding carboxylic acids is 1. The standard InChI is InChI=1S/C15H22N2O3/c1-2-17-9-13(7-8-15(17)19)16-14(18)11-20-10-12-5-3-4-6-12/h7-9,12H,2-6,10-11H2,1H3,(H,16,18). The molecule has 0 aromatic carbocycles. The molecule has 1 amide bonds. The predicted molar refractivity (Wildman–Crippen MR) is 77.8 cm³/mol. The van der Waals surface area contributed by atoms with E-state index in [2.05, 4.69) is 5.32 Å². The second kappa shape index (κ2) is 7.24. The van der Waals surface area contributed by atoms with Gasteiger partial charge < -0.3 is 14.6 Å². The lowest BCUT2D eigenvalue weighted by molar-refractivity contribution is -0.121. The zero-order chi connectivity index (χ0) is 14.4. The number of amides is 1. The molecule has 1 aromatic rings. The molecular weight excluding hydrogens is 256 g/mol. The van der Waals surface area contributed by atoms with Crippen LogP contribution in [0.3, 0.4) is 0 Å². The smallest absolute Gasteiger partial charge is 0.250 e. The van der Waals surface area contributed by atoms with Crippen LogP contribution in [0.15, 0.2) is 23.1 Å². The van der Waals surface area contributed by atoms with Gasteiger partial charge in [-0.05, 0) is 31.7 Å². The molecule has 1 aliphatic rings. The lowest BCUT2D eigenvalue weighted by atomic mass is 10.1. The number of carbonyl (C=O) groups is 1. The zero-order valence-corrected chi connectivity index (χ0v) is 11.9. The number of ether oxygens (including phenoxy) is 1. The van der Waals surface area contributed by atoms with Gasteiger partial charge >= 0.3 is 0 Å². The molecule has 0 aliphatic heterocycles. The Morgan fingerprint density at radius 3 is 2.85 bits per heavy atom. The Morgan fingerprint density at radius 1 is 1.40 bits per heavy atom. The molecule has 2 rings (SSSR count). The number of pyridine rings is 1. The second-order valence-corrected chi connectivity index (χ2v) is 5.26. The molecule has 1 saturated carbocycles. The number of hydrogen-bond donors (Lipinski definition) is 1. The molecule has 1 N–H and O–H groups in total. The van der Waals surface area contributed by atoms with Gasteiger partial charge in [-0.3, -0.25) is 9.59 Å². The summed E-state index contributed by atoms with van der Waals surface area (Å²) in [5, 5.41) is 2.75. The molecule has 0 unspecified atom stereocenters. The van der Waals surface area contributed by atoms with Crippen molar-refractivity contribution < 1.29 is 9.53 Å². The van der Waals surface area contributed by atoms with Crippen molar-refractivity contribution in [3.63, 3.8) is 0 Å². The molecule has 20 heavy (non-hydrogen) atoms. The van der Waals surface area contributed by atoms with Gasteiger partial charge in [0.15, 0.2) is 0 Å². The molecule has 0 bridgehead atoms. The summed E-state index contributed by atoms with van der Waals surface area (Å²) in [6.45, 7) is 3.21. The number of rotatable bonds is 6. The molecule has 1 aliphatic carbocycles. The number of nitrogens with zero attached hydrogens (tertiary/aromatic N) is 1. The number of aromatic nitrogens is 1. The van der Waals surface area contributed by atoms with E-state index in [1.54, 1.807) is 16.8 Å². The van der Waals surface area contributed by atoms with Gasteiger partial charge in [0.05, 0.1) is 12.3 Å². The Balaban J connectivity index is 1.77. The topological polar surface area (TPSA) is 60.3 Å². The van der Waals surface area contributed by atoms with Crippen LogP contribution in [0.1, 0.15) is 32.6 Å². The molecule has 0 radical (unpaired) electrons. The summed E-state index contributed by atoms with van der Waals surface area (Å²) >= 11 is 0. The molecule has 0 spiro atoms. The van der Waals surface area contributed by atoms with E-state index < -0.39 is 0 Å². The maximum Gasteiger partial charge on any atom is 0.250 e. The molecule has 1 heterocycles. The Hall–Kier alpha value is -1.62. The average Bonchev–Trinajstić information content (AvgIpc) is 2.94.